The second-order valence-electron chi connectivity index (χ2n) is 5.56. The van der Waals surface area contributed by atoms with E-state index in [1.54, 1.807) is 24.3 Å². The predicted molar refractivity (Wildman–Crippen MR) is 92.2 cm³/mol. The van der Waals surface area contributed by atoms with E-state index in [9.17, 15) is 18.4 Å². The third kappa shape index (κ3) is 5.38. The van der Waals surface area contributed by atoms with E-state index < -0.39 is 5.82 Å². The maximum absolute atomic E-state index is 13.8. The Bertz CT molecular complexity index is 750. The first-order valence-electron chi connectivity index (χ1n) is 8.02. The zero-order chi connectivity index (χ0) is 18.2. The van der Waals surface area contributed by atoms with Crippen LogP contribution in [0.15, 0.2) is 48.5 Å². The van der Waals surface area contributed by atoms with E-state index in [0.717, 1.165) is 0 Å². The largest absolute Gasteiger partial charge is 0.356 e. The fourth-order valence-electron chi connectivity index (χ4n) is 2.46. The average Bonchev–Trinajstić information content (AvgIpc) is 2.58. The Balaban J connectivity index is 1.84. The molecule has 0 aromatic heterocycles. The third-order valence-corrected chi connectivity index (χ3v) is 3.76. The molecule has 25 heavy (non-hydrogen) atoms. The summed E-state index contributed by atoms with van der Waals surface area (Å²) >= 11 is 0. The van der Waals surface area contributed by atoms with Crippen LogP contribution in [-0.4, -0.2) is 24.9 Å². The smallest absolute Gasteiger partial charge is 0.223 e. The Morgan fingerprint density at radius 2 is 1.64 bits per heavy atom. The molecule has 0 unspecified atom stereocenters. The lowest BCUT2D eigenvalue weighted by molar-refractivity contribution is -0.121. The Labute approximate surface area is 145 Å². The summed E-state index contributed by atoms with van der Waals surface area (Å²) in [5.74, 6) is -1.44. The van der Waals surface area contributed by atoms with Gasteiger partial charge in [-0.1, -0.05) is 30.3 Å². The average molecular weight is 346 g/mol. The fourth-order valence-corrected chi connectivity index (χ4v) is 2.46. The minimum Gasteiger partial charge on any atom is -0.356 e. The lowest BCUT2D eigenvalue weighted by atomic mass is 10.1. The van der Waals surface area contributed by atoms with Crippen molar-refractivity contribution < 1.29 is 18.4 Å². The van der Waals surface area contributed by atoms with E-state index in [1.165, 1.54) is 36.1 Å². The van der Waals surface area contributed by atoms with Gasteiger partial charge in [0.2, 0.25) is 11.8 Å². The van der Waals surface area contributed by atoms with Gasteiger partial charge in [0.15, 0.2) is 0 Å². The normalized spacial score (nSPS) is 10.4. The number of nitrogens with one attached hydrogen (secondary N) is 1. The van der Waals surface area contributed by atoms with Crippen molar-refractivity contribution in [3.05, 3.63) is 65.7 Å². The molecule has 1 N–H and O–H groups in total. The number of para-hydroxylation sites is 1. The Morgan fingerprint density at radius 3 is 2.28 bits per heavy atom. The van der Waals surface area contributed by atoms with Crippen molar-refractivity contribution in [1.82, 2.24) is 5.32 Å². The summed E-state index contributed by atoms with van der Waals surface area (Å²) in [6.07, 6.45) is 0.410. The lowest BCUT2D eigenvalue weighted by Gasteiger charge is -2.21. The molecule has 0 radical (unpaired) electrons. The molecule has 0 heterocycles. The Hall–Kier alpha value is -2.76. The van der Waals surface area contributed by atoms with Gasteiger partial charge < -0.3 is 10.2 Å². The molecule has 0 bridgehead atoms. The minimum atomic E-state index is -0.516. The summed E-state index contributed by atoms with van der Waals surface area (Å²) in [5, 5.41) is 2.68. The van der Waals surface area contributed by atoms with E-state index in [0.29, 0.717) is 18.5 Å². The van der Waals surface area contributed by atoms with Crippen LogP contribution in [0.3, 0.4) is 0 Å². The van der Waals surface area contributed by atoms with Gasteiger partial charge in [-0.2, -0.15) is 0 Å². The van der Waals surface area contributed by atoms with Crippen molar-refractivity contribution in [2.75, 3.05) is 18.0 Å². The fraction of sp³-hybridized carbons (Fsp3) is 0.263. The van der Waals surface area contributed by atoms with Crippen LogP contribution in [0.5, 0.6) is 0 Å². The summed E-state index contributed by atoms with van der Waals surface area (Å²) in [6, 6.07) is 12.3. The van der Waals surface area contributed by atoms with Crippen molar-refractivity contribution in [3.8, 4) is 0 Å². The lowest BCUT2D eigenvalue weighted by Crippen LogP contribution is -2.35. The van der Waals surface area contributed by atoms with Gasteiger partial charge in [-0.15, -0.1) is 0 Å². The Morgan fingerprint density at radius 1 is 1.00 bits per heavy atom. The number of nitrogens with zero attached hydrogens (tertiary/aromatic N) is 1. The van der Waals surface area contributed by atoms with Crippen LogP contribution >= 0.6 is 0 Å². The topological polar surface area (TPSA) is 49.4 Å². The van der Waals surface area contributed by atoms with Crippen molar-refractivity contribution in [2.24, 2.45) is 0 Å². The zero-order valence-corrected chi connectivity index (χ0v) is 14.0. The summed E-state index contributed by atoms with van der Waals surface area (Å²) < 4.78 is 27.3. The van der Waals surface area contributed by atoms with Crippen LogP contribution < -0.4 is 10.2 Å². The van der Waals surface area contributed by atoms with Crippen LogP contribution in [0, 0.1) is 11.6 Å². The summed E-state index contributed by atoms with van der Waals surface area (Å²) in [5.41, 5.74) is 0.675. The van der Waals surface area contributed by atoms with Gasteiger partial charge in [0.05, 0.1) is 5.69 Å². The highest BCUT2D eigenvalue weighted by Gasteiger charge is 2.16. The molecule has 2 aromatic carbocycles. The van der Waals surface area contributed by atoms with Crippen molar-refractivity contribution in [2.45, 2.75) is 19.8 Å². The second-order valence-corrected chi connectivity index (χ2v) is 5.56. The van der Waals surface area contributed by atoms with E-state index in [1.807, 2.05) is 0 Å². The first-order valence-corrected chi connectivity index (χ1v) is 8.02. The molecule has 0 atom stereocenters. The quantitative estimate of drug-likeness (QED) is 0.838. The molecular formula is C19H20F2N2O2. The first-order chi connectivity index (χ1) is 12.0. The number of benzene rings is 2. The summed E-state index contributed by atoms with van der Waals surface area (Å²) in [6.45, 7) is 1.68. The maximum Gasteiger partial charge on any atom is 0.223 e. The number of hydrogen-bond donors (Lipinski definition) is 1. The van der Waals surface area contributed by atoms with Gasteiger partial charge in [-0.05, 0) is 30.2 Å². The number of halogens is 2. The van der Waals surface area contributed by atoms with Crippen LogP contribution in [0.4, 0.5) is 14.5 Å². The number of carbonyl (C=O) groups is 2. The molecule has 0 aliphatic heterocycles. The number of amides is 2. The van der Waals surface area contributed by atoms with E-state index >= 15 is 0 Å². The van der Waals surface area contributed by atoms with Gasteiger partial charge in [0, 0.05) is 26.4 Å². The highest BCUT2D eigenvalue weighted by molar-refractivity contribution is 5.92. The number of rotatable bonds is 7. The molecule has 0 fully saturated rings. The van der Waals surface area contributed by atoms with Crippen molar-refractivity contribution in [1.29, 1.82) is 0 Å². The molecule has 2 amide bonds. The molecule has 2 rings (SSSR count). The number of hydrogen-bond acceptors (Lipinski definition) is 2. The van der Waals surface area contributed by atoms with Crippen LogP contribution in [0.25, 0.3) is 0 Å². The zero-order valence-electron chi connectivity index (χ0n) is 14.0. The molecule has 6 heteroatoms. The van der Waals surface area contributed by atoms with Gasteiger partial charge in [0.1, 0.15) is 11.6 Å². The van der Waals surface area contributed by atoms with Crippen molar-refractivity contribution in [3.63, 3.8) is 0 Å². The SMILES string of the molecule is CC(=O)N(CCC(=O)NCCc1ccccc1F)c1ccccc1F. The molecule has 0 saturated carbocycles. The highest BCUT2D eigenvalue weighted by atomic mass is 19.1. The molecule has 0 spiro atoms. The third-order valence-electron chi connectivity index (χ3n) is 3.76. The summed E-state index contributed by atoms with van der Waals surface area (Å²) in [7, 11) is 0. The molecule has 0 aliphatic carbocycles. The maximum atomic E-state index is 13.8. The van der Waals surface area contributed by atoms with E-state index in [2.05, 4.69) is 5.32 Å². The molecule has 2 aromatic rings. The van der Waals surface area contributed by atoms with Gasteiger partial charge in [-0.25, -0.2) is 8.78 Å². The van der Waals surface area contributed by atoms with Crippen LogP contribution in [-0.2, 0) is 16.0 Å². The molecule has 0 saturated heterocycles. The van der Waals surface area contributed by atoms with E-state index in [-0.39, 0.29) is 36.3 Å². The second kappa shape index (κ2) is 8.92. The molecular weight excluding hydrogens is 326 g/mol. The summed E-state index contributed by atoms with van der Waals surface area (Å²) in [4.78, 5) is 24.9. The standard InChI is InChI=1S/C19H20F2N2O2/c1-14(24)23(18-9-5-4-8-17(18)21)13-11-19(25)22-12-10-15-6-2-3-7-16(15)20/h2-9H,10-13H2,1H3,(H,22,25). The molecule has 4 nitrogen and oxygen atoms in total. The van der Waals surface area contributed by atoms with Crippen molar-refractivity contribution >= 4 is 17.5 Å². The number of anilines is 1. The van der Waals surface area contributed by atoms with Gasteiger partial charge in [-0.3, -0.25) is 9.59 Å². The van der Waals surface area contributed by atoms with Crippen LogP contribution in [0.1, 0.15) is 18.9 Å². The van der Waals surface area contributed by atoms with Crippen LogP contribution in [0.2, 0.25) is 0 Å². The predicted octanol–water partition coefficient (Wildman–Crippen LogP) is 3.07. The molecule has 0 aliphatic rings. The number of carbonyl (C=O) groups excluding carboxylic acids is 2. The van der Waals surface area contributed by atoms with Gasteiger partial charge in [0.25, 0.3) is 0 Å². The van der Waals surface area contributed by atoms with E-state index in [4.69, 9.17) is 0 Å². The molecule has 132 valence electrons. The van der Waals surface area contributed by atoms with Gasteiger partial charge >= 0.3 is 0 Å². The first kappa shape index (κ1) is 18.6. The Kier molecular flexibility index (Phi) is 6.62. The highest BCUT2D eigenvalue weighted by Crippen LogP contribution is 2.19. The monoisotopic (exact) mass is 346 g/mol. The minimum absolute atomic E-state index is 0.0329.